The fourth-order valence-corrected chi connectivity index (χ4v) is 8.52. The van der Waals surface area contributed by atoms with E-state index in [0.717, 1.165) is 5.69 Å². The summed E-state index contributed by atoms with van der Waals surface area (Å²) in [5.74, 6) is 0. The van der Waals surface area contributed by atoms with E-state index in [9.17, 15) is 0 Å². The Morgan fingerprint density at radius 1 is 0.260 bits per heavy atom. The minimum atomic E-state index is 1.16. The van der Waals surface area contributed by atoms with Gasteiger partial charge in [0.25, 0.3) is 0 Å². The number of fused-ring (bicyclic) bond motifs is 12. The largest absolute Gasteiger partial charge is 0.307 e. The number of para-hydroxylation sites is 4. The lowest BCUT2D eigenvalue weighted by atomic mass is 9.92. The fourth-order valence-electron chi connectivity index (χ4n) is 8.52. The van der Waals surface area contributed by atoms with Crippen LogP contribution in [0.15, 0.2) is 182 Å². The van der Waals surface area contributed by atoms with Crippen LogP contribution < -0.4 is 0 Å². The van der Waals surface area contributed by atoms with Crippen LogP contribution in [0.5, 0.6) is 0 Å². The highest BCUT2D eigenvalue weighted by Crippen LogP contribution is 2.42. The van der Waals surface area contributed by atoms with Crippen LogP contribution in [0.3, 0.4) is 0 Å². The molecule has 11 aromatic rings. The quantitative estimate of drug-likeness (QED) is 0.171. The highest BCUT2D eigenvalue weighted by atomic mass is 15.1. The van der Waals surface area contributed by atoms with Crippen molar-refractivity contribution in [3.63, 3.8) is 0 Å². The molecule has 0 N–H and O–H groups in total. The molecule has 0 saturated carbocycles. The Labute approximate surface area is 288 Å². The van der Waals surface area contributed by atoms with Gasteiger partial charge in [-0.1, -0.05) is 140 Å². The van der Waals surface area contributed by atoms with Crippen LogP contribution in [0.4, 0.5) is 0 Å². The van der Waals surface area contributed by atoms with Crippen molar-refractivity contribution >= 4 is 75.9 Å². The lowest BCUT2D eigenvalue weighted by Crippen LogP contribution is -2.00. The fraction of sp³-hybridized carbons (Fsp3) is 0. The monoisotopic (exact) mass is 634 g/mol. The first-order valence-electron chi connectivity index (χ1n) is 17.3. The molecule has 2 aromatic heterocycles. The summed E-state index contributed by atoms with van der Waals surface area (Å²) in [6, 6.07) is 66.8. The van der Waals surface area contributed by atoms with Crippen molar-refractivity contribution in [3.05, 3.63) is 182 Å². The summed E-state index contributed by atoms with van der Waals surface area (Å²) in [7, 11) is 0. The predicted molar refractivity (Wildman–Crippen MR) is 213 cm³/mol. The molecule has 0 bridgehead atoms. The Balaban J connectivity index is 1.22. The van der Waals surface area contributed by atoms with Crippen LogP contribution in [-0.2, 0) is 0 Å². The van der Waals surface area contributed by atoms with Gasteiger partial charge in [-0.25, -0.2) is 0 Å². The normalized spacial score (nSPS) is 12.0. The number of rotatable bonds is 3. The maximum atomic E-state index is 2.48. The van der Waals surface area contributed by atoms with Gasteiger partial charge in [-0.2, -0.15) is 0 Å². The average Bonchev–Trinajstić information content (AvgIpc) is 3.71. The molecule has 232 valence electrons. The maximum Gasteiger partial charge on any atom is 0.0782 e. The molecule has 0 radical (unpaired) electrons. The molecule has 2 nitrogen and oxygen atoms in total. The zero-order chi connectivity index (χ0) is 32.8. The summed E-state index contributed by atoms with van der Waals surface area (Å²) in [5.41, 5.74) is 9.56. The summed E-state index contributed by atoms with van der Waals surface area (Å²) < 4.78 is 4.92. The van der Waals surface area contributed by atoms with E-state index in [1.165, 1.54) is 92.7 Å². The number of hydrogen-bond acceptors (Lipinski definition) is 0. The van der Waals surface area contributed by atoms with E-state index in [1.807, 2.05) is 0 Å². The SMILES string of the molecule is c1ccc(-n2c3ccccc3c3cccc(-n4c5ccccc5c5ccc(-c6ccc7c8ccccc8c8ccccc8c7c6)cc54)c32)cc1. The van der Waals surface area contributed by atoms with E-state index in [-0.39, 0.29) is 0 Å². The second-order valence-electron chi connectivity index (χ2n) is 13.3. The van der Waals surface area contributed by atoms with Gasteiger partial charge in [-0.3, -0.25) is 0 Å². The molecule has 0 amide bonds. The van der Waals surface area contributed by atoms with E-state index in [4.69, 9.17) is 0 Å². The van der Waals surface area contributed by atoms with Gasteiger partial charge >= 0.3 is 0 Å². The van der Waals surface area contributed by atoms with Crippen LogP contribution in [0.1, 0.15) is 0 Å². The molecule has 0 unspecified atom stereocenters. The van der Waals surface area contributed by atoms with E-state index in [2.05, 4.69) is 191 Å². The molecule has 0 atom stereocenters. The Bertz CT molecular complexity index is 3110. The molecule has 0 aliphatic carbocycles. The summed E-state index contributed by atoms with van der Waals surface area (Å²) >= 11 is 0. The second-order valence-corrected chi connectivity index (χ2v) is 13.3. The first-order valence-corrected chi connectivity index (χ1v) is 17.3. The van der Waals surface area contributed by atoms with E-state index in [1.54, 1.807) is 0 Å². The first-order chi connectivity index (χ1) is 24.8. The molecule has 9 aromatic carbocycles. The van der Waals surface area contributed by atoms with Crippen LogP contribution in [-0.4, -0.2) is 9.13 Å². The molecule has 11 rings (SSSR count). The second kappa shape index (κ2) is 10.4. The Kier molecular flexibility index (Phi) is 5.70. The van der Waals surface area contributed by atoms with Gasteiger partial charge in [0.05, 0.1) is 27.8 Å². The Morgan fingerprint density at radius 2 is 0.720 bits per heavy atom. The average molecular weight is 635 g/mol. The van der Waals surface area contributed by atoms with Crippen molar-refractivity contribution < 1.29 is 0 Å². The Morgan fingerprint density at radius 3 is 1.40 bits per heavy atom. The van der Waals surface area contributed by atoms with Crippen LogP contribution in [0.25, 0.3) is 98.4 Å². The summed E-state index contributed by atoms with van der Waals surface area (Å²) in [5, 5.41) is 12.8. The van der Waals surface area contributed by atoms with Crippen LogP contribution in [0.2, 0.25) is 0 Å². The number of nitrogens with zero attached hydrogens (tertiary/aromatic N) is 2. The van der Waals surface area contributed by atoms with Crippen molar-refractivity contribution in [2.75, 3.05) is 0 Å². The van der Waals surface area contributed by atoms with E-state index < -0.39 is 0 Å². The highest BCUT2D eigenvalue weighted by molar-refractivity contribution is 6.26. The lowest BCUT2D eigenvalue weighted by Gasteiger charge is -2.15. The minimum Gasteiger partial charge on any atom is -0.307 e. The molecule has 2 heterocycles. The first kappa shape index (κ1) is 27.3. The van der Waals surface area contributed by atoms with Gasteiger partial charge in [-0.15, -0.1) is 0 Å². The van der Waals surface area contributed by atoms with Crippen molar-refractivity contribution in [1.82, 2.24) is 9.13 Å². The summed E-state index contributed by atoms with van der Waals surface area (Å²) in [6.07, 6.45) is 0. The van der Waals surface area contributed by atoms with Crippen molar-refractivity contribution in [2.24, 2.45) is 0 Å². The van der Waals surface area contributed by atoms with Gasteiger partial charge in [0.1, 0.15) is 0 Å². The zero-order valence-electron chi connectivity index (χ0n) is 27.2. The van der Waals surface area contributed by atoms with Crippen LogP contribution >= 0.6 is 0 Å². The topological polar surface area (TPSA) is 9.86 Å². The van der Waals surface area contributed by atoms with E-state index >= 15 is 0 Å². The van der Waals surface area contributed by atoms with E-state index in [0.29, 0.717) is 0 Å². The number of benzene rings is 9. The third kappa shape index (κ3) is 3.79. The molecular weight excluding hydrogens is 605 g/mol. The van der Waals surface area contributed by atoms with Crippen LogP contribution in [0, 0.1) is 0 Å². The van der Waals surface area contributed by atoms with Gasteiger partial charge in [0.2, 0.25) is 0 Å². The Hall–Kier alpha value is -6.64. The van der Waals surface area contributed by atoms with Gasteiger partial charge in [0, 0.05) is 27.2 Å². The zero-order valence-corrected chi connectivity index (χ0v) is 27.2. The maximum absolute atomic E-state index is 2.48. The summed E-state index contributed by atoms with van der Waals surface area (Å²) in [4.78, 5) is 0. The standard InChI is InChI=1S/C48H30N2/c1-2-13-33(14-3-1)49-44-22-10-9-20-40(44)42-21-12-24-46(48(42)49)50-45-23-11-8-19-39(45)41-28-26-32(30-47(41)50)31-25-27-38-36-17-5-4-15-34(36)35-16-6-7-18-37(35)43(38)29-31/h1-30H. The molecule has 0 aliphatic rings. The minimum absolute atomic E-state index is 1.16. The van der Waals surface area contributed by atoms with Crippen molar-refractivity contribution in [1.29, 1.82) is 0 Å². The highest BCUT2D eigenvalue weighted by Gasteiger charge is 2.20. The predicted octanol–water partition coefficient (Wildman–Crippen LogP) is 13.0. The molecular formula is C48H30N2. The number of hydrogen-bond donors (Lipinski definition) is 0. The molecule has 50 heavy (non-hydrogen) atoms. The van der Waals surface area contributed by atoms with Gasteiger partial charge in [0.15, 0.2) is 0 Å². The van der Waals surface area contributed by atoms with Gasteiger partial charge < -0.3 is 9.13 Å². The van der Waals surface area contributed by atoms with Crippen molar-refractivity contribution in [2.45, 2.75) is 0 Å². The number of aromatic nitrogens is 2. The molecule has 0 spiro atoms. The smallest absolute Gasteiger partial charge is 0.0782 e. The third-order valence-corrected chi connectivity index (χ3v) is 10.7. The molecule has 0 fully saturated rings. The third-order valence-electron chi connectivity index (χ3n) is 10.7. The molecule has 0 saturated heterocycles. The molecule has 2 heteroatoms. The summed E-state index contributed by atoms with van der Waals surface area (Å²) in [6.45, 7) is 0. The molecule has 0 aliphatic heterocycles. The van der Waals surface area contributed by atoms with Gasteiger partial charge in [-0.05, 0) is 85.9 Å². The van der Waals surface area contributed by atoms with Crippen molar-refractivity contribution in [3.8, 4) is 22.5 Å². The lowest BCUT2D eigenvalue weighted by molar-refractivity contribution is 1.13.